The lowest BCUT2D eigenvalue weighted by Crippen LogP contribution is -2.30. The molecule has 5 nitrogen and oxygen atoms in total. The van der Waals surface area contributed by atoms with Crippen molar-refractivity contribution in [3.8, 4) is 11.3 Å². The first-order valence-corrected chi connectivity index (χ1v) is 8.98. The summed E-state index contributed by atoms with van der Waals surface area (Å²) < 4.78 is 38.5. The molecule has 0 bridgehead atoms. The van der Waals surface area contributed by atoms with E-state index in [1.807, 2.05) is 24.3 Å². The number of rotatable bonds is 4. The third-order valence-corrected chi connectivity index (χ3v) is 5.07. The van der Waals surface area contributed by atoms with E-state index in [0.717, 1.165) is 29.4 Å². The van der Waals surface area contributed by atoms with Crippen molar-refractivity contribution in [3.63, 3.8) is 0 Å². The molecule has 8 heteroatoms. The van der Waals surface area contributed by atoms with E-state index in [2.05, 4.69) is 20.8 Å². The van der Waals surface area contributed by atoms with Crippen molar-refractivity contribution in [2.75, 3.05) is 25.0 Å². The van der Waals surface area contributed by atoms with Crippen LogP contribution in [0.5, 0.6) is 0 Å². The molecule has 0 aliphatic carbocycles. The van der Waals surface area contributed by atoms with Gasteiger partial charge in [0, 0.05) is 48.0 Å². The molecule has 1 aliphatic heterocycles. The second-order valence-corrected chi connectivity index (χ2v) is 6.87. The normalized spacial score (nSPS) is 19.9. The zero-order valence-corrected chi connectivity index (χ0v) is 14.9. The number of aromatic nitrogens is 2. The number of aliphatic hydroxyl groups excluding tert-OH is 1. The number of anilines is 1. The average molecular weight is 388 g/mol. The number of fused-ring (bicyclic) bond motifs is 1. The molecular formula is C20H19F3N4O. The Morgan fingerprint density at radius 1 is 1.00 bits per heavy atom. The zero-order valence-electron chi connectivity index (χ0n) is 14.9. The van der Waals surface area contributed by atoms with Crippen LogP contribution in [0.4, 0.5) is 19.0 Å². The maximum absolute atomic E-state index is 12.8. The van der Waals surface area contributed by atoms with Crippen molar-refractivity contribution in [1.82, 2.24) is 15.5 Å². The summed E-state index contributed by atoms with van der Waals surface area (Å²) in [6.07, 6.45) is -4.38. The van der Waals surface area contributed by atoms with Gasteiger partial charge in [0.15, 0.2) is 5.82 Å². The summed E-state index contributed by atoms with van der Waals surface area (Å²) in [5.41, 5.74) is 0.396. The maximum Gasteiger partial charge on any atom is 0.416 e. The van der Waals surface area contributed by atoms with Crippen LogP contribution < -0.4 is 10.6 Å². The lowest BCUT2D eigenvalue weighted by molar-refractivity contribution is -0.137. The van der Waals surface area contributed by atoms with Crippen LogP contribution in [0, 0.1) is 5.92 Å². The number of aliphatic hydroxyl groups is 1. The summed E-state index contributed by atoms with van der Waals surface area (Å²) in [7, 11) is 0. The molecule has 0 unspecified atom stereocenters. The van der Waals surface area contributed by atoms with Crippen molar-refractivity contribution >= 4 is 16.6 Å². The van der Waals surface area contributed by atoms with Gasteiger partial charge in [0.05, 0.1) is 5.56 Å². The number of hydrogen-bond acceptors (Lipinski definition) is 5. The predicted octanol–water partition coefficient (Wildman–Crippen LogP) is 3.31. The molecule has 28 heavy (non-hydrogen) atoms. The number of nitrogens with zero attached hydrogens (tertiary/aromatic N) is 2. The molecule has 3 N–H and O–H groups in total. The number of alkyl halides is 3. The van der Waals surface area contributed by atoms with Crippen LogP contribution in [-0.2, 0) is 6.18 Å². The van der Waals surface area contributed by atoms with Gasteiger partial charge < -0.3 is 15.7 Å². The Labute approximate surface area is 159 Å². The van der Waals surface area contributed by atoms with Gasteiger partial charge in [-0.1, -0.05) is 36.4 Å². The standard InChI is InChI=1S/C20H19F3N4O/c21-20(22,23)14-7-5-12(6-8-14)18-15-3-1-2-4-16(15)19(27-26-18)25-17-10-24-9-13(17)11-28/h1-8,13,17,24,28H,9-11H2,(H,25,27)/t13-,17+/m0/s1. The third kappa shape index (κ3) is 3.53. The minimum atomic E-state index is -4.38. The molecule has 0 saturated carbocycles. The predicted molar refractivity (Wildman–Crippen MR) is 101 cm³/mol. The van der Waals surface area contributed by atoms with Gasteiger partial charge in [-0.05, 0) is 12.1 Å². The molecule has 1 aliphatic rings. The van der Waals surface area contributed by atoms with Crippen molar-refractivity contribution in [2.24, 2.45) is 5.92 Å². The highest BCUT2D eigenvalue weighted by atomic mass is 19.4. The van der Waals surface area contributed by atoms with E-state index in [9.17, 15) is 18.3 Å². The van der Waals surface area contributed by atoms with Crippen molar-refractivity contribution in [3.05, 3.63) is 54.1 Å². The molecule has 2 aromatic carbocycles. The Morgan fingerprint density at radius 3 is 2.39 bits per heavy atom. The van der Waals surface area contributed by atoms with Gasteiger partial charge in [0.1, 0.15) is 5.69 Å². The second kappa shape index (κ2) is 7.37. The number of halogens is 3. The number of hydrogen-bond donors (Lipinski definition) is 3. The zero-order chi connectivity index (χ0) is 19.7. The molecule has 1 aromatic heterocycles. The topological polar surface area (TPSA) is 70.1 Å². The van der Waals surface area contributed by atoms with E-state index in [1.54, 1.807) is 0 Å². The van der Waals surface area contributed by atoms with Crippen LogP contribution in [0.1, 0.15) is 5.56 Å². The molecule has 146 valence electrons. The van der Waals surface area contributed by atoms with Gasteiger partial charge in [-0.25, -0.2) is 0 Å². The van der Waals surface area contributed by atoms with Crippen LogP contribution in [0.15, 0.2) is 48.5 Å². The SMILES string of the molecule is OC[C@@H]1CNC[C@H]1Nc1nnc(-c2ccc(C(F)(F)F)cc2)c2ccccc12. The van der Waals surface area contributed by atoms with Gasteiger partial charge in [0.25, 0.3) is 0 Å². The Kier molecular flexibility index (Phi) is 4.91. The van der Waals surface area contributed by atoms with E-state index in [1.165, 1.54) is 12.1 Å². The first kappa shape index (κ1) is 18.6. The number of benzene rings is 2. The minimum absolute atomic E-state index is 0.0274. The van der Waals surface area contributed by atoms with Crippen LogP contribution >= 0.6 is 0 Å². The first-order valence-electron chi connectivity index (χ1n) is 8.98. The Morgan fingerprint density at radius 2 is 1.71 bits per heavy atom. The van der Waals surface area contributed by atoms with E-state index in [4.69, 9.17) is 0 Å². The molecule has 1 saturated heterocycles. The summed E-state index contributed by atoms with van der Waals surface area (Å²) in [6, 6.07) is 12.5. The fraction of sp³-hybridized carbons (Fsp3) is 0.300. The number of nitrogens with one attached hydrogen (secondary N) is 2. The highest BCUT2D eigenvalue weighted by Crippen LogP contribution is 2.33. The van der Waals surface area contributed by atoms with Gasteiger partial charge in [-0.3, -0.25) is 0 Å². The summed E-state index contributed by atoms with van der Waals surface area (Å²) in [6.45, 7) is 1.50. The van der Waals surface area contributed by atoms with Crippen molar-refractivity contribution in [1.29, 1.82) is 0 Å². The maximum atomic E-state index is 12.8. The Balaban J connectivity index is 1.72. The minimum Gasteiger partial charge on any atom is -0.396 e. The van der Waals surface area contributed by atoms with Gasteiger partial charge in [0.2, 0.25) is 0 Å². The molecule has 1 fully saturated rings. The third-order valence-electron chi connectivity index (χ3n) is 5.07. The molecular weight excluding hydrogens is 369 g/mol. The van der Waals surface area contributed by atoms with Crippen LogP contribution in [0.3, 0.4) is 0 Å². The van der Waals surface area contributed by atoms with E-state index < -0.39 is 11.7 Å². The molecule has 0 radical (unpaired) electrons. The highest BCUT2D eigenvalue weighted by Gasteiger charge is 2.30. The lowest BCUT2D eigenvalue weighted by Gasteiger charge is -2.19. The van der Waals surface area contributed by atoms with Crippen LogP contribution in [-0.4, -0.2) is 41.0 Å². The monoisotopic (exact) mass is 388 g/mol. The first-order chi connectivity index (χ1) is 13.5. The van der Waals surface area contributed by atoms with Crippen LogP contribution in [0.25, 0.3) is 22.0 Å². The van der Waals surface area contributed by atoms with Crippen LogP contribution in [0.2, 0.25) is 0 Å². The van der Waals surface area contributed by atoms with E-state index in [0.29, 0.717) is 23.6 Å². The summed E-state index contributed by atoms with van der Waals surface area (Å²) >= 11 is 0. The summed E-state index contributed by atoms with van der Waals surface area (Å²) in [5, 5.41) is 26.3. The molecule has 2 heterocycles. The lowest BCUT2D eigenvalue weighted by atomic mass is 10.0. The summed E-state index contributed by atoms with van der Waals surface area (Å²) in [5.74, 6) is 0.675. The molecule has 0 amide bonds. The highest BCUT2D eigenvalue weighted by molar-refractivity contribution is 6.00. The molecule has 3 aromatic rings. The molecule has 0 spiro atoms. The smallest absolute Gasteiger partial charge is 0.396 e. The van der Waals surface area contributed by atoms with E-state index in [-0.39, 0.29) is 18.6 Å². The largest absolute Gasteiger partial charge is 0.416 e. The Bertz CT molecular complexity index is 975. The van der Waals surface area contributed by atoms with Crippen molar-refractivity contribution < 1.29 is 18.3 Å². The second-order valence-electron chi connectivity index (χ2n) is 6.87. The average Bonchev–Trinajstić information content (AvgIpc) is 3.15. The quantitative estimate of drug-likeness (QED) is 0.640. The summed E-state index contributed by atoms with van der Waals surface area (Å²) in [4.78, 5) is 0. The fourth-order valence-electron chi connectivity index (χ4n) is 3.51. The van der Waals surface area contributed by atoms with Gasteiger partial charge in [-0.2, -0.15) is 13.2 Å². The Hall–Kier alpha value is -2.71. The van der Waals surface area contributed by atoms with Gasteiger partial charge in [-0.15, -0.1) is 10.2 Å². The fourth-order valence-corrected chi connectivity index (χ4v) is 3.51. The molecule has 4 rings (SSSR count). The van der Waals surface area contributed by atoms with Crippen molar-refractivity contribution in [2.45, 2.75) is 12.2 Å². The van der Waals surface area contributed by atoms with E-state index >= 15 is 0 Å². The van der Waals surface area contributed by atoms with Gasteiger partial charge >= 0.3 is 6.18 Å². The molecule has 2 atom stereocenters.